The summed E-state index contributed by atoms with van der Waals surface area (Å²) in [6.07, 6.45) is 1.97. The molecule has 1 N–H and O–H groups in total. The molecule has 0 aliphatic carbocycles. The van der Waals surface area contributed by atoms with Crippen molar-refractivity contribution < 1.29 is 4.79 Å². The maximum Gasteiger partial charge on any atom is 0.152 e. The first kappa shape index (κ1) is 13.6. The maximum atomic E-state index is 11.6. The molecule has 0 atom stereocenters. The summed E-state index contributed by atoms with van der Waals surface area (Å²) in [5.74, 6) is 0. The predicted octanol–water partition coefficient (Wildman–Crippen LogP) is 4.83. The number of aromatic amines is 1. The number of H-pyrrole nitrogens is 1. The first-order valence-electron chi connectivity index (χ1n) is 7.32. The van der Waals surface area contributed by atoms with Gasteiger partial charge >= 0.3 is 0 Å². The van der Waals surface area contributed by atoms with Crippen LogP contribution >= 0.6 is 0 Å². The van der Waals surface area contributed by atoms with Crippen LogP contribution in [-0.4, -0.2) is 11.3 Å². The molecule has 0 saturated carbocycles. The van der Waals surface area contributed by atoms with Crippen LogP contribution < -0.4 is 0 Å². The van der Waals surface area contributed by atoms with E-state index in [2.05, 4.69) is 56.1 Å². The van der Waals surface area contributed by atoms with Gasteiger partial charge in [0.1, 0.15) is 0 Å². The van der Waals surface area contributed by atoms with E-state index in [-0.39, 0.29) is 0 Å². The van der Waals surface area contributed by atoms with Gasteiger partial charge in [0.2, 0.25) is 0 Å². The molecule has 0 bridgehead atoms. The van der Waals surface area contributed by atoms with Gasteiger partial charge in [-0.3, -0.25) is 4.79 Å². The second kappa shape index (κ2) is 5.21. The Morgan fingerprint density at radius 1 is 1.05 bits per heavy atom. The fraction of sp³-hybridized carbons (Fsp3) is 0.211. The van der Waals surface area contributed by atoms with E-state index in [1.807, 2.05) is 6.07 Å². The van der Waals surface area contributed by atoms with Crippen LogP contribution in [-0.2, 0) is 6.42 Å². The van der Waals surface area contributed by atoms with Crippen molar-refractivity contribution in [1.82, 2.24) is 4.98 Å². The molecular weight excluding hydrogens is 258 g/mol. The van der Waals surface area contributed by atoms with Gasteiger partial charge in [0.05, 0.1) is 5.69 Å². The number of hydrogen-bond acceptors (Lipinski definition) is 1. The Bertz CT molecular complexity index is 810. The Labute approximate surface area is 124 Å². The van der Waals surface area contributed by atoms with E-state index >= 15 is 0 Å². The van der Waals surface area contributed by atoms with E-state index in [9.17, 15) is 4.79 Å². The number of hydrogen-bond donors (Lipinski definition) is 1. The van der Waals surface area contributed by atoms with Gasteiger partial charge in [-0.1, -0.05) is 43.3 Å². The molecule has 1 heterocycles. The van der Waals surface area contributed by atoms with Crippen LogP contribution in [0.15, 0.2) is 36.4 Å². The van der Waals surface area contributed by atoms with Crippen LogP contribution in [0.5, 0.6) is 0 Å². The summed E-state index contributed by atoms with van der Waals surface area (Å²) in [7, 11) is 0. The second-order valence-electron chi connectivity index (χ2n) is 5.51. The van der Waals surface area contributed by atoms with Gasteiger partial charge in [0, 0.05) is 16.5 Å². The molecule has 0 radical (unpaired) electrons. The molecule has 106 valence electrons. The number of carbonyl (C=O) groups excluding carboxylic acids is 1. The predicted molar refractivity (Wildman–Crippen MR) is 88.0 cm³/mol. The van der Waals surface area contributed by atoms with E-state index in [0.717, 1.165) is 40.4 Å². The highest BCUT2D eigenvalue weighted by molar-refractivity contribution is 6.05. The fourth-order valence-corrected chi connectivity index (χ4v) is 2.79. The summed E-state index contributed by atoms with van der Waals surface area (Å²) in [6, 6.07) is 12.5. The van der Waals surface area contributed by atoms with Gasteiger partial charge in [-0.2, -0.15) is 0 Å². The lowest BCUT2D eigenvalue weighted by Gasteiger charge is -2.02. The highest BCUT2D eigenvalue weighted by atomic mass is 16.1. The lowest BCUT2D eigenvalue weighted by atomic mass is 10.0. The van der Waals surface area contributed by atoms with Gasteiger partial charge in [0.15, 0.2) is 6.29 Å². The number of carbonyl (C=O) groups is 1. The van der Waals surface area contributed by atoms with Gasteiger partial charge in [-0.05, 0) is 42.5 Å². The molecule has 0 aliphatic heterocycles. The number of rotatable bonds is 3. The van der Waals surface area contributed by atoms with Gasteiger partial charge < -0.3 is 4.98 Å². The summed E-state index contributed by atoms with van der Waals surface area (Å²) >= 11 is 0. The first-order chi connectivity index (χ1) is 10.2. The van der Waals surface area contributed by atoms with E-state index in [0.29, 0.717) is 0 Å². The number of fused-ring (bicyclic) bond motifs is 1. The molecule has 0 spiro atoms. The standard InChI is InChI=1S/C19H19NO/c1-4-14-6-8-15(9-7-14)19-17(11-21)16-10-5-12(2)13(3)18(16)20-19/h5-11,20H,4H2,1-3H3. The van der Waals surface area contributed by atoms with Crippen molar-refractivity contribution in [1.29, 1.82) is 0 Å². The minimum Gasteiger partial charge on any atom is -0.354 e. The van der Waals surface area contributed by atoms with Crippen molar-refractivity contribution in [2.24, 2.45) is 0 Å². The molecule has 3 aromatic rings. The normalized spacial score (nSPS) is 11.0. The van der Waals surface area contributed by atoms with Crippen molar-refractivity contribution in [3.8, 4) is 11.3 Å². The number of benzene rings is 2. The topological polar surface area (TPSA) is 32.9 Å². The van der Waals surface area contributed by atoms with Crippen molar-refractivity contribution in [2.45, 2.75) is 27.2 Å². The second-order valence-corrected chi connectivity index (χ2v) is 5.51. The van der Waals surface area contributed by atoms with Gasteiger partial charge in [0.25, 0.3) is 0 Å². The molecule has 0 saturated heterocycles. The Hall–Kier alpha value is -2.35. The summed E-state index contributed by atoms with van der Waals surface area (Å²) in [6.45, 7) is 6.32. The Balaban J connectivity index is 2.26. The van der Waals surface area contributed by atoms with Crippen LogP contribution in [0.3, 0.4) is 0 Å². The van der Waals surface area contributed by atoms with Gasteiger partial charge in [-0.15, -0.1) is 0 Å². The van der Waals surface area contributed by atoms with Crippen molar-refractivity contribution in [3.05, 3.63) is 58.7 Å². The van der Waals surface area contributed by atoms with Crippen LogP contribution in [0, 0.1) is 13.8 Å². The highest BCUT2D eigenvalue weighted by Crippen LogP contribution is 2.32. The van der Waals surface area contributed by atoms with Crippen LogP contribution in [0.1, 0.15) is 34.0 Å². The largest absolute Gasteiger partial charge is 0.354 e. The van der Waals surface area contributed by atoms with Crippen molar-refractivity contribution in [3.63, 3.8) is 0 Å². The molecule has 2 heteroatoms. The molecular formula is C19H19NO. The zero-order valence-electron chi connectivity index (χ0n) is 12.7. The van der Waals surface area contributed by atoms with Crippen LogP contribution in [0.4, 0.5) is 0 Å². The van der Waals surface area contributed by atoms with E-state index in [4.69, 9.17) is 0 Å². The molecule has 2 nitrogen and oxygen atoms in total. The molecule has 0 amide bonds. The van der Waals surface area contributed by atoms with E-state index < -0.39 is 0 Å². The van der Waals surface area contributed by atoms with Gasteiger partial charge in [-0.25, -0.2) is 0 Å². The third kappa shape index (κ3) is 2.17. The van der Waals surface area contributed by atoms with Crippen LogP contribution in [0.25, 0.3) is 22.2 Å². The number of nitrogens with one attached hydrogen (secondary N) is 1. The zero-order chi connectivity index (χ0) is 15.0. The number of aldehydes is 1. The minimum absolute atomic E-state index is 0.748. The average molecular weight is 277 g/mol. The summed E-state index contributed by atoms with van der Waals surface area (Å²) in [5, 5.41) is 1.00. The SMILES string of the molecule is CCc1ccc(-c2[nH]c3c(C)c(C)ccc3c2C=O)cc1. The first-order valence-corrected chi connectivity index (χ1v) is 7.32. The molecule has 2 aromatic carbocycles. The average Bonchev–Trinajstić information content (AvgIpc) is 2.90. The lowest BCUT2D eigenvalue weighted by molar-refractivity contribution is 0.112. The van der Waals surface area contributed by atoms with Crippen molar-refractivity contribution >= 4 is 17.2 Å². The van der Waals surface area contributed by atoms with E-state index in [1.165, 1.54) is 16.7 Å². The third-order valence-corrected chi connectivity index (χ3v) is 4.31. The number of aryl methyl sites for hydroxylation is 3. The Morgan fingerprint density at radius 3 is 2.38 bits per heavy atom. The summed E-state index contributed by atoms with van der Waals surface area (Å²) in [5.41, 5.74) is 7.51. The quantitative estimate of drug-likeness (QED) is 0.683. The minimum atomic E-state index is 0.748. The Kier molecular flexibility index (Phi) is 3.38. The molecule has 21 heavy (non-hydrogen) atoms. The molecule has 0 unspecified atom stereocenters. The van der Waals surface area contributed by atoms with Crippen LogP contribution in [0.2, 0.25) is 0 Å². The summed E-state index contributed by atoms with van der Waals surface area (Å²) < 4.78 is 0. The summed E-state index contributed by atoms with van der Waals surface area (Å²) in [4.78, 5) is 15.0. The Morgan fingerprint density at radius 2 is 1.76 bits per heavy atom. The third-order valence-electron chi connectivity index (χ3n) is 4.31. The monoisotopic (exact) mass is 277 g/mol. The number of aromatic nitrogens is 1. The van der Waals surface area contributed by atoms with E-state index in [1.54, 1.807) is 0 Å². The molecule has 0 aliphatic rings. The smallest absolute Gasteiger partial charge is 0.152 e. The fourth-order valence-electron chi connectivity index (χ4n) is 2.79. The molecule has 0 fully saturated rings. The lowest BCUT2D eigenvalue weighted by Crippen LogP contribution is -1.86. The maximum absolute atomic E-state index is 11.6. The highest BCUT2D eigenvalue weighted by Gasteiger charge is 2.14. The molecule has 3 rings (SSSR count). The molecule has 1 aromatic heterocycles. The zero-order valence-corrected chi connectivity index (χ0v) is 12.7. The van der Waals surface area contributed by atoms with Crippen molar-refractivity contribution in [2.75, 3.05) is 0 Å².